The third-order valence-corrected chi connectivity index (χ3v) is 3.04. The summed E-state index contributed by atoms with van der Waals surface area (Å²) in [7, 11) is 0. The van der Waals surface area contributed by atoms with Crippen LogP contribution in [0.15, 0.2) is 24.3 Å². The lowest BCUT2D eigenvalue weighted by atomic mass is 10.1. The second-order valence-corrected chi connectivity index (χ2v) is 4.85. The summed E-state index contributed by atoms with van der Waals surface area (Å²) < 4.78 is 32.1. The lowest BCUT2D eigenvalue weighted by molar-refractivity contribution is 0.441. The van der Waals surface area contributed by atoms with E-state index in [1.807, 2.05) is 26.8 Å². The maximum Gasteiger partial charge on any atom is 0.224 e. The summed E-state index contributed by atoms with van der Waals surface area (Å²) in [5.74, 6) is -0.883. The molecule has 5 heteroatoms. The molecule has 0 unspecified atom stereocenters. The van der Waals surface area contributed by atoms with Gasteiger partial charge in [-0.1, -0.05) is 6.92 Å². The van der Waals surface area contributed by atoms with Gasteiger partial charge < -0.3 is 10.1 Å². The number of aryl methyl sites for hydroxylation is 2. The van der Waals surface area contributed by atoms with Crippen LogP contribution in [0.25, 0.3) is 0 Å². The number of aromatic nitrogens is 1. The first-order chi connectivity index (χ1) is 9.99. The number of ether oxygens (including phenoxy) is 1. The number of rotatable bonds is 5. The maximum atomic E-state index is 13.2. The van der Waals surface area contributed by atoms with Gasteiger partial charge in [0.05, 0.1) is 0 Å². The Labute approximate surface area is 123 Å². The van der Waals surface area contributed by atoms with E-state index in [2.05, 4.69) is 10.3 Å². The van der Waals surface area contributed by atoms with E-state index in [9.17, 15) is 8.78 Å². The Morgan fingerprint density at radius 2 is 1.76 bits per heavy atom. The second kappa shape index (κ2) is 6.63. The highest BCUT2D eigenvalue weighted by Crippen LogP contribution is 2.27. The number of benzene rings is 1. The molecule has 0 aliphatic heterocycles. The summed E-state index contributed by atoms with van der Waals surface area (Å²) >= 11 is 0. The zero-order chi connectivity index (χ0) is 15.4. The predicted molar refractivity (Wildman–Crippen MR) is 77.5 cm³/mol. The van der Waals surface area contributed by atoms with Crippen molar-refractivity contribution in [3.05, 3.63) is 52.7 Å². The fraction of sp³-hybridized carbons (Fsp3) is 0.312. The molecule has 0 fully saturated rings. The minimum atomic E-state index is -0.678. The molecule has 0 amide bonds. The largest absolute Gasteiger partial charge is 0.438 e. The number of nitrogens with zero attached hydrogens (tertiary/aromatic N) is 1. The SMILES string of the molecule is CCNCc1c(C)cc(C)nc1Oc1cc(F)cc(F)c1. The molecule has 21 heavy (non-hydrogen) atoms. The molecule has 0 saturated heterocycles. The molecule has 0 radical (unpaired) electrons. The van der Waals surface area contributed by atoms with Crippen LogP contribution >= 0.6 is 0 Å². The summed E-state index contributed by atoms with van der Waals surface area (Å²) in [5, 5.41) is 3.21. The molecule has 1 N–H and O–H groups in total. The van der Waals surface area contributed by atoms with Crippen molar-refractivity contribution >= 4 is 0 Å². The van der Waals surface area contributed by atoms with Crippen molar-refractivity contribution in [2.45, 2.75) is 27.3 Å². The third kappa shape index (κ3) is 3.98. The molecular weight excluding hydrogens is 274 g/mol. The summed E-state index contributed by atoms with van der Waals surface area (Å²) in [5.41, 5.74) is 2.70. The van der Waals surface area contributed by atoms with E-state index in [0.717, 1.165) is 41.6 Å². The van der Waals surface area contributed by atoms with E-state index >= 15 is 0 Å². The number of hydrogen-bond donors (Lipinski definition) is 1. The second-order valence-electron chi connectivity index (χ2n) is 4.85. The minimum Gasteiger partial charge on any atom is -0.438 e. The molecule has 0 saturated carbocycles. The Morgan fingerprint density at radius 3 is 2.38 bits per heavy atom. The van der Waals surface area contributed by atoms with Gasteiger partial charge in [-0.25, -0.2) is 13.8 Å². The van der Waals surface area contributed by atoms with Crippen molar-refractivity contribution in [1.82, 2.24) is 10.3 Å². The highest BCUT2D eigenvalue weighted by molar-refractivity contribution is 5.39. The van der Waals surface area contributed by atoms with Gasteiger partial charge in [-0.3, -0.25) is 0 Å². The Kier molecular flexibility index (Phi) is 4.85. The van der Waals surface area contributed by atoms with Crippen LogP contribution in [0.1, 0.15) is 23.7 Å². The van der Waals surface area contributed by atoms with Crippen LogP contribution < -0.4 is 10.1 Å². The van der Waals surface area contributed by atoms with Crippen molar-refractivity contribution in [2.24, 2.45) is 0 Å². The molecule has 1 aromatic heterocycles. The van der Waals surface area contributed by atoms with Crippen molar-refractivity contribution in [1.29, 1.82) is 0 Å². The molecule has 0 spiro atoms. The molecule has 0 aliphatic carbocycles. The number of halogens is 2. The van der Waals surface area contributed by atoms with E-state index in [1.54, 1.807) is 0 Å². The molecule has 2 aromatic rings. The van der Waals surface area contributed by atoms with Crippen molar-refractivity contribution in [3.63, 3.8) is 0 Å². The molecule has 112 valence electrons. The Balaban J connectivity index is 2.37. The lowest BCUT2D eigenvalue weighted by Gasteiger charge is -2.14. The fourth-order valence-corrected chi connectivity index (χ4v) is 2.08. The van der Waals surface area contributed by atoms with Crippen LogP contribution in [0, 0.1) is 25.5 Å². The zero-order valence-corrected chi connectivity index (χ0v) is 12.3. The van der Waals surface area contributed by atoms with E-state index in [0.29, 0.717) is 12.4 Å². The Bertz CT molecular complexity index is 624. The van der Waals surface area contributed by atoms with Crippen LogP contribution in [0.2, 0.25) is 0 Å². The van der Waals surface area contributed by atoms with Gasteiger partial charge in [0, 0.05) is 36.0 Å². The molecule has 1 heterocycles. The van der Waals surface area contributed by atoms with Gasteiger partial charge in [0.2, 0.25) is 5.88 Å². The topological polar surface area (TPSA) is 34.2 Å². The van der Waals surface area contributed by atoms with Gasteiger partial charge in [0.25, 0.3) is 0 Å². The molecule has 0 bridgehead atoms. The average molecular weight is 292 g/mol. The lowest BCUT2D eigenvalue weighted by Crippen LogP contribution is -2.14. The van der Waals surface area contributed by atoms with E-state index in [-0.39, 0.29) is 5.75 Å². The van der Waals surface area contributed by atoms with Crippen LogP contribution in [0.5, 0.6) is 11.6 Å². The molecule has 3 nitrogen and oxygen atoms in total. The number of pyridine rings is 1. The van der Waals surface area contributed by atoms with Crippen LogP contribution in [0.3, 0.4) is 0 Å². The standard InChI is InChI=1S/C16H18F2N2O/c1-4-19-9-15-10(2)5-11(3)20-16(15)21-14-7-12(17)6-13(18)8-14/h5-8,19H,4,9H2,1-3H3. The van der Waals surface area contributed by atoms with Gasteiger partial charge in [0.15, 0.2) is 0 Å². The van der Waals surface area contributed by atoms with E-state index in [1.165, 1.54) is 0 Å². The minimum absolute atomic E-state index is 0.0998. The number of nitrogens with one attached hydrogen (secondary N) is 1. The predicted octanol–water partition coefficient (Wildman–Crippen LogP) is 3.88. The van der Waals surface area contributed by atoms with Crippen LogP contribution in [0.4, 0.5) is 8.78 Å². The van der Waals surface area contributed by atoms with E-state index in [4.69, 9.17) is 4.74 Å². The average Bonchev–Trinajstić information content (AvgIpc) is 2.36. The summed E-state index contributed by atoms with van der Waals surface area (Å²) in [6, 6.07) is 5.03. The van der Waals surface area contributed by atoms with Gasteiger partial charge in [-0.2, -0.15) is 0 Å². The molecule has 0 atom stereocenters. The Hall–Kier alpha value is -2.01. The van der Waals surface area contributed by atoms with Gasteiger partial charge in [0.1, 0.15) is 17.4 Å². The van der Waals surface area contributed by atoms with Crippen LogP contribution in [-0.4, -0.2) is 11.5 Å². The number of hydrogen-bond acceptors (Lipinski definition) is 3. The summed E-state index contributed by atoms with van der Waals surface area (Å²) in [4.78, 5) is 4.33. The molecule has 2 rings (SSSR count). The smallest absolute Gasteiger partial charge is 0.224 e. The summed E-state index contributed by atoms with van der Waals surface area (Å²) in [6.45, 7) is 7.20. The summed E-state index contributed by atoms with van der Waals surface area (Å²) in [6.07, 6.45) is 0. The third-order valence-electron chi connectivity index (χ3n) is 3.04. The monoisotopic (exact) mass is 292 g/mol. The molecule has 0 aliphatic rings. The highest BCUT2D eigenvalue weighted by atomic mass is 19.1. The highest BCUT2D eigenvalue weighted by Gasteiger charge is 2.12. The maximum absolute atomic E-state index is 13.2. The fourth-order valence-electron chi connectivity index (χ4n) is 2.08. The normalized spacial score (nSPS) is 10.7. The quantitative estimate of drug-likeness (QED) is 0.908. The van der Waals surface area contributed by atoms with Crippen LogP contribution in [-0.2, 0) is 6.54 Å². The van der Waals surface area contributed by atoms with Crippen molar-refractivity contribution in [2.75, 3.05) is 6.54 Å². The molecule has 1 aromatic carbocycles. The first-order valence-electron chi connectivity index (χ1n) is 6.81. The Morgan fingerprint density at radius 1 is 1.10 bits per heavy atom. The first kappa shape index (κ1) is 15.4. The zero-order valence-electron chi connectivity index (χ0n) is 12.3. The molecular formula is C16H18F2N2O. The van der Waals surface area contributed by atoms with Crippen molar-refractivity contribution in [3.8, 4) is 11.6 Å². The van der Waals surface area contributed by atoms with Crippen molar-refractivity contribution < 1.29 is 13.5 Å². The van der Waals surface area contributed by atoms with Gasteiger partial charge in [-0.05, 0) is 32.0 Å². The van der Waals surface area contributed by atoms with Gasteiger partial charge >= 0.3 is 0 Å². The van der Waals surface area contributed by atoms with E-state index < -0.39 is 11.6 Å². The first-order valence-corrected chi connectivity index (χ1v) is 6.81. The van der Waals surface area contributed by atoms with Gasteiger partial charge in [-0.15, -0.1) is 0 Å².